The molecule has 1 aliphatic rings. The lowest BCUT2D eigenvalue weighted by molar-refractivity contribution is 0.0987. The Bertz CT molecular complexity index is 1440. The third-order valence-electron chi connectivity index (χ3n) is 7.99. The van der Waals surface area contributed by atoms with Gasteiger partial charge in [0.05, 0.1) is 11.0 Å². The molecule has 2 aromatic carbocycles. The first-order valence-corrected chi connectivity index (χ1v) is 14.4. The number of hydrogen-bond donors (Lipinski definition) is 3. The van der Waals surface area contributed by atoms with Crippen molar-refractivity contribution in [2.45, 2.75) is 57.9 Å². The summed E-state index contributed by atoms with van der Waals surface area (Å²) in [7, 11) is 0. The fraction of sp³-hybridized carbons (Fsp3) is 0.375. The number of benzene rings is 2. The zero-order chi connectivity index (χ0) is 27.9. The number of imidazole rings is 1. The Balaban J connectivity index is 1.42. The van der Waals surface area contributed by atoms with Crippen LogP contribution >= 0.6 is 0 Å². The largest absolute Gasteiger partial charge is 0.384 e. The minimum absolute atomic E-state index is 0.0782. The van der Waals surface area contributed by atoms with Crippen LogP contribution in [0, 0.1) is 11.3 Å². The molecule has 0 saturated heterocycles. The van der Waals surface area contributed by atoms with Gasteiger partial charge in [-0.1, -0.05) is 62.4 Å². The number of nitrogens with two attached hydrogens (primary N) is 2. The minimum atomic E-state index is -0.130. The second-order valence-electron chi connectivity index (χ2n) is 10.7. The van der Waals surface area contributed by atoms with Crippen LogP contribution in [0.2, 0.25) is 0 Å². The van der Waals surface area contributed by atoms with E-state index in [-0.39, 0.29) is 11.7 Å². The molecular weight excluding hydrogens is 498 g/mol. The molecule has 0 aliphatic heterocycles. The van der Waals surface area contributed by atoms with Crippen LogP contribution in [-0.4, -0.2) is 39.4 Å². The Morgan fingerprint density at radius 2 is 1.77 bits per heavy atom. The molecule has 40 heavy (non-hydrogen) atoms. The molecular formula is C32H39N7O. The molecule has 2 aromatic heterocycles. The van der Waals surface area contributed by atoms with Crippen LogP contribution in [0.5, 0.6) is 0 Å². The maximum atomic E-state index is 13.6. The van der Waals surface area contributed by atoms with E-state index in [9.17, 15) is 4.79 Å². The maximum absolute atomic E-state index is 13.6. The summed E-state index contributed by atoms with van der Waals surface area (Å²) in [6, 6.07) is 19.3. The third-order valence-corrected chi connectivity index (χ3v) is 7.99. The van der Waals surface area contributed by atoms with E-state index in [0.717, 1.165) is 54.1 Å². The molecule has 0 spiro atoms. The summed E-state index contributed by atoms with van der Waals surface area (Å²) >= 11 is 0. The smallest absolute Gasteiger partial charge is 0.259 e. The number of amidine groups is 1. The second kappa shape index (κ2) is 12.9. The van der Waals surface area contributed by atoms with E-state index in [2.05, 4.69) is 9.55 Å². The van der Waals surface area contributed by atoms with Crippen molar-refractivity contribution in [3.63, 3.8) is 0 Å². The first kappa shape index (κ1) is 27.5. The number of amides is 1. The molecule has 1 fully saturated rings. The van der Waals surface area contributed by atoms with Gasteiger partial charge in [0.15, 0.2) is 0 Å². The Morgan fingerprint density at radius 1 is 1.00 bits per heavy atom. The first-order valence-electron chi connectivity index (χ1n) is 14.4. The van der Waals surface area contributed by atoms with Crippen molar-refractivity contribution in [2.75, 3.05) is 18.0 Å². The van der Waals surface area contributed by atoms with Gasteiger partial charge < -0.3 is 16.0 Å². The number of carbonyl (C=O) groups excluding carboxylic acids is 1. The maximum Gasteiger partial charge on any atom is 0.259 e. The molecule has 2 heterocycles. The van der Waals surface area contributed by atoms with Crippen molar-refractivity contribution in [3.05, 3.63) is 89.4 Å². The predicted molar refractivity (Wildman–Crippen MR) is 161 cm³/mol. The Hall–Kier alpha value is -4.04. The van der Waals surface area contributed by atoms with Crippen molar-refractivity contribution in [1.82, 2.24) is 14.5 Å². The van der Waals surface area contributed by atoms with Gasteiger partial charge in [-0.05, 0) is 54.7 Å². The second-order valence-corrected chi connectivity index (χ2v) is 10.7. The van der Waals surface area contributed by atoms with E-state index in [4.69, 9.17) is 21.9 Å². The molecule has 0 atom stereocenters. The zero-order valence-corrected chi connectivity index (χ0v) is 23.1. The number of hydrogen-bond acceptors (Lipinski definition) is 5. The molecule has 208 valence electrons. The van der Waals surface area contributed by atoms with E-state index in [0.29, 0.717) is 24.5 Å². The van der Waals surface area contributed by atoms with Gasteiger partial charge in [0.25, 0.3) is 5.91 Å². The number of pyridine rings is 1. The highest BCUT2D eigenvalue weighted by atomic mass is 16.2. The number of anilines is 1. The molecule has 1 aliphatic carbocycles. The summed E-state index contributed by atoms with van der Waals surface area (Å²) in [5.74, 6) is 2.34. The summed E-state index contributed by atoms with van der Waals surface area (Å²) in [5, 5.41) is 7.64. The van der Waals surface area contributed by atoms with E-state index in [1.807, 2.05) is 60.7 Å². The Morgan fingerprint density at radius 3 is 2.48 bits per heavy atom. The number of rotatable bonds is 11. The first-order chi connectivity index (χ1) is 19.5. The number of nitrogen functional groups attached to an aromatic ring is 1. The monoisotopic (exact) mass is 537 g/mol. The molecule has 1 amide bonds. The van der Waals surface area contributed by atoms with Gasteiger partial charge in [-0.25, -0.2) is 9.97 Å². The normalized spacial score (nSPS) is 13.9. The van der Waals surface area contributed by atoms with Gasteiger partial charge in [-0.2, -0.15) is 0 Å². The van der Waals surface area contributed by atoms with Gasteiger partial charge in [0, 0.05) is 43.4 Å². The molecule has 0 unspecified atom stereocenters. The lowest BCUT2D eigenvalue weighted by Crippen LogP contribution is -2.36. The van der Waals surface area contributed by atoms with Crippen molar-refractivity contribution in [3.8, 4) is 0 Å². The third kappa shape index (κ3) is 6.39. The molecule has 5 rings (SSSR count). The number of nitrogens with one attached hydrogen (secondary N) is 1. The molecule has 8 heteroatoms. The van der Waals surface area contributed by atoms with E-state index >= 15 is 0 Å². The quantitative estimate of drug-likeness (QED) is 0.182. The van der Waals surface area contributed by atoms with Crippen LogP contribution in [0.1, 0.15) is 65.8 Å². The highest BCUT2D eigenvalue weighted by molar-refractivity contribution is 6.07. The highest BCUT2D eigenvalue weighted by Gasteiger charge is 2.21. The number of fused-ring (bicyclic) bond motifs is 1. The SMILES string of the molecule is N=C(N)c1ccc(CCc2nc3cc(C(=O)N(CCN)c4ccccn4)ccc3n2CCC2CCCCC2)cc1. The fourth-order valence-corrected chi connectivity index (χ4v) is 5.77. The zero-order valence-electron chi connectivity index (χ0n) is 23.1. The van der Waals surface area contributed by atoms with Crippen molar-refractivity contribution < 1.29 is 4.79 Å². The highest BCUT2D eigenvalue weighted by Crippen LogP contribution is 2.28. The predicted octanol–water partition coefficient (Wildman–Crippen LogP) is 5.08. The van der Waals surface area contributed by atoms with Gasteiger partial charge in [0.1, 0.15) is 17.5 Å². The Kier molecular flexibility index (Phi) is 8.86. The molecule has 8 nitrogen and oxygen atoms in total. The number of aryl methyl sites for hydroxylation is 3. The summed E-state index contributed by atoms with van der Waals surface area (Å²) in [5.41, 5.74) is 15.9. The van der Waals surface area contributed by atoms with Crippen molar-refractivity contribution in [2.24, 2.45) is 17.4 Å². The number of carbonyl (C=O) groups is 1. The summed E-state index contributed by atoms with van der Waals surface area (Å²) in [4.78, 5) is 24.6. The topological polar surface area (TPSA) is 127 Å². The number of nitrogens with zero attached hydrogens (tertiary/aromatic N) is 4. The van der Waals surface area contributed by atoms with Crippen LogP contribution < -0.4 is 16.4 Å². The molecule has 0 bridgehead atoms. The Labute approximate surface area is 235 Å². The average molecular weight is 538 g/mol. The van der Waals surface area contributed by atoms with Crippen LogP contribution in [0.25, 0.3) is 11.0 Å². The lowest BCUT2D eigenvalue weighted by atomic mass is 9.87. The summed E-state index contributed by atoms with van der Waals surface area (Å²) < 4.78 is 2.36. The van der Waals surface area contributed by atoms with Crippen LogP contribution in [0.3, 0.4) is 0 Å². The van der Waals surface area contributed by atoms with Crippen molar-refractivity contribution in [1.29, 1.82) is 5.41 Å². The molecule has 4 aromatic rings. The van der Waals surface area contributed by atoms with Gasteiger partial charge in [-0.3, -0.25) is 15.1 Å². The van der Waals surface area contributed by atoms with E-state index in [1.54, 1.807) is 11.1 Å². The molecule has 1 saturated carbocycles. The summed E-state index contributed by atoms with van der Waals surface area (Å²) in [6.07, 6.45) is 11.1. The summed E-state index contributed by atoms with van der Waals surface area (Å²) in [6.45, 7) is 1.66. The van der Waals surface area contributed by atoms with Crippen molar-refractivity contribution >= 4 is 28.6 Å². The van der Waals surface area contributed by atoms with Crippen LogP contribution in [-0.2, 0) is 19.4 Å². The minimum Gasteiger partial charge on any atom is -0.384 e. The van der Waals surface area contributed by atoms with Crippen LogP contribution in [0.15, 0.2) is 66.9 Å². The molecule has 5 N–H and O–H groups in total. The fourth-order valence-electron chi connectivity index (χ4n) is 5.77. The van der Waals surface area contributed by atoms with E-state index in [1.165, 1.54) is 37.7 Å². The van der Waals surface area contributed by atoms with Crippen LogP contribution in [0.4, 0.5) is 5.82 Å². The lowest BCUT2D eigenvalue weighted by Gasteiger charge is -2.22. The van der Waals surface area contributed by atoms with Gasteiger partial charge >= 0.3 is 0 Å². The molecule has 0 radical (unpaired) electrons. The average Bonchev–Trinajstić information content (AvgIpc) is 3.35. The van der Waals surface area contributed by atoms with Gasteiger partial charge in [-0.15, -0.1) is 0 Å². The van der Waals surface area contributed by atoms with E-state index < -0.39 is 0 Å². The number of aromatic nitrogens is 3. The standard InChI is InChI=1S/C32H39N7O/c33-18-21-39(29-8-4-5-19-36-29)32(40)26-14-15-28-27(22-26)37-30(38(28)20-17-23-6-2-1-3-7-23)16-11-24-9-12-25(13-10-24)31(34)35/h4-5,8-10,12-15,19,22-23H,1-3,6-7,11,16-18,20-21,33H2,(H3,34,35). The van der Waals surface area contributed by atoms with Gasteiger partial charge in [0.2, 0.25) is 0 Å².